The lowest BCUT2D eigenvalue weighted by Crippen LogP contribution is -2.30. The molecule has 108 heavy (non-hydrogen) atoms. The van der Waals surface area contributed by atoms with E-state index in [0.29, 0.717) is 0 Å². The van der Waals surface area contributed by atoms with E-state index in [9.17, 15) is 0 Å². The van der Waals surface area contributed by atoms with E-state index in [1.54, 1.807) is 0 Å². The average Bonchev–Trinajstić information content (AvgIpc) is 0.779. The Morgan fingerprint density at radius 3 is 0.287 bits per heavy atom. The molecule has 0 aliphatic rings. The molecule has 16 aromatic carbocycles. The van der Waals surface area contributed by atoms with E-state index in [4.69, 9.17) is 0 Å². The van der Waals surface area contributed by atoms with Crippen LogP contribution in [0.3, 0.4) is 0 Å². The number of hydrogen-bond donors (Lipinski definition) is 0. The highest BCUT2D eigenvalue weighted by molar-refractivity contribution is 7.98. The third-order valence-electron chi connectivity index (χ3n) is 19.7. The Labute approximate surface area is 651 Å². The van der Waals surface area contributed by atoms with Gasteiger partial charge in [-0.25, -0.2) is 0 Å². The van der Waals surface area contributed by atoms with Gasteiger partial charge in [-0.3, -0.25) is 0 Å². The molecule has 0 amide bonds. The molecule has 8 heteroatoms. The molecule has 0 heterocycles. The summed E-state index contributed by atoms with van der Waals surface area (Å²) in [7, 11) is -2.09. The molecule has 16 aromatic rings. The molecule has 0 aliphatic carbocycles. The van der Waals surface area contributed by atoms with Crippen molar-refractivity contribution < 1.29 is 0 Å². The van der Waals surface area contributed by atoms with Gasteiger partial charge < -0.3 is 0 Å². The zero-order chi connectivity index (χ0) is 73.5. The molecule has 0 unspecified atom stereocenters. The van der Waals surface area contributed by atoms with Crippen molar-refractivity contribution in [1.82, 2.24) is 0 Å². The molecule has 0 aromatic heterocycles. The molecular formula is C100H92P4Si4. The second-order valence-electron chi connectivity index (χ2n) is 26.4. The highest BCUT2D eigenvalue weighted by Crippen LogP contribution is 2.47. The summed E-state index contributed by atoms with van der Waals surface area (Å²) in [6, 6.07) is 177. The second kappa shape index (κ2) is 39.4. The summed E-state index contributed by atoms with van der Waals surface area (Å²) >= 11 is 0. The van der Waals surface area contributed by atoms with E-state index in [1.807, 2.05) is 0 Å². The van der Waals surface area contributed by atoms with Crippen molar-refractivity contribution in [2.24, 2.45) is 0 Å². The molecule has 528 valence electrons. The maximum atomic E-state index is 2.71. The lowest BCUT2D eigenvalue weighted by Gasteiger charge is -2.29. The summed E-state index contributed by atoms with van der Waals surface area (Å²) in [6.45, 7) is -7.13. The Hall–Kier alpha value is -10.4. The van der Waals surface area contributed by atoms with Gasteiger partial charge in [-0.1, -0.05) is 528 Å². The van der Waals surface area contributed by atoms with Crippen LogP contribution in [0.2, 0.25) is 0 Å². The number of rotatable bonds is 20. The minimum absolute atomic E-state index is 0.523. The second-order valence-corrected chi connectivity index (χ2v) is 49.1. The van der Waals surface area contributed by atoms with Crippen LogP contribution in [0.25, 0.3) is 0 Å². The third kappa shape index (κ3) is 18.7. The third-order valence-corrected chi connectivity index (χ3v) is 48.5. The monoisotopic (exact) mass is 1530 g/mol. The largest absolute Gasteiger partial charge is 0.0861 e. The maximum absolute atomic E-state index is 2.71. The Morgan fingerprint density at radius 1 is 0.111 bits per heavy atom. The highest BCUT2D eigenvalue weighted by atomic mass is 31.2. The Bertz CT molecular complexity index is 4400. The van der Waals surface area contributed by atoms with Gasteiger partial charge in [0.15, 0.2) is 0 Å². The van der Waals surface area contributed by atoms with Crippen molar-refractivity contribution >= 4 is 172 Å². The summed E-state index contributed by atoms with van der Waals surface area (Å²) in [5.41, 5.74) is 10.8. The van der Waals surface area contributed by atoms with Gasteiger partial charge >= 0.3 is 0 Å². The molecule has 0 saturated heterocycles. The van der Waals surface area contributed by atoms with Gasteiger partial charge in [0.25, 0.3) is 0 Å². The summed E-state index contributed by atoms with van der Waals surface area (Å²) < 4.78 is 0. The first-order chi connectivity index (χ1) is 53.6. The minimum atomic E-state index is -1.78. The zero-order valence-electron chi connectivity index (χ0n) is 61.1. The van der Waals surface area contributed by atoms with E-state index in [1.165, 1.54) is 84.4 Å². The first kappa shape index (κ1) is 75.8. The molecule has 0 radical (unpaired) electrons. The van der Waals surface area contributed by atoms with Crippen LogP contribution in [0.15, 0.2) is 485 Å². The van der Waals surface area contributed by atoms with Crippen molar-refractivity contribution in [3.8, 4) is 0 Å². The van der Waals surface area contributed by atoms with Crippen molar-refractivity contribution in [1.29, 1.82) is 0 Å². The molecule has 0 bridgehead atoms. The van der Waals surface area contributed by atoms with E-state index >= 15 is 0 Å². The molecule has 0 saturated carbocycles. The topological polar surface area (TPSA) is 0 Å². The lowest BCUT2D eigenvalue weighted by molar-refractivity contribution is 1.73. The van der Waals surface area contributed by atoms with Gasteiger partial charge in [0.1, 0.15) is 0 Å². The molecule has 0 atom stereocenters. The predicted octanol–water partition coefficient (Wildman–Crippen LogP) is 12.9. The van der Waals surface area contributed by atoms with Gasteiger partial charge in [0.05, 0.1) is 38.1 Å². The van der Waals surface area contributed by atoms with Crippen molar-refractivity contribution in [2.45, 2.75) is 0 Å². The molecule has 0 N–H and O–H groups in total. The molecule has 16 rings (SSSR count). The van der Waals surface area contributed by atoms with Crippen LogP contribution >= 0.6 is 27.5 Å². The lowest BCUT2D eigenvalue weighted by atomic mass is 10.4. The number of benzene rings is 16. The van der Waals surface area contributed by atoms with Crippen molar-refractivity contribution in [2.75, 3.05) is 0 Å². The first-order valence-electron chi connectivity index (χ1n) is 37.3. The zero-order valence-corrected chi connectivity index (χ0v) is 70.3. The Morgan fingerprint density at radius 2 is 0.194 bits per heavy atom. The van der Waals surface area contributed by atoms with Gasteiger partial charge in [0, 0.05) is 0 Å². The minimum Gasteiger partial charge on any atom is -0.0861 e. The Kier molecular flexibility index (Phi) is 27.7. The van der Waals surface area contributed by atoms with Crippen LogP contribution in [-0.4, -0.2) is 59.8 Å². The summed E-state index contributed by atoms with van der Waals surface area (Å²) in [6.07, 6.45) is 0. The molecular weight excluding hydrogens is 1440 g/mol. The standard InChI is InChI=1S/4C25H23PSi/c4*1-5-13-22(14-6-1)26(23-15-7-2-8-16-23,24-17-9-3-10-18-24)21-27-25-19-11-4-12-20-25/h4*1-21H,27H2. The quantitative estimate of drug-likeness (QED) is 0.0527. The maximum Gasteiger partial charge on any atom is 0.0797 e. The van der Waals surface area contributed by atoms with E-state index < -0.39 is 65.6 Å². The van der Waals surface area contributed by atoms with Crippen LogP contribution in [0.1, 0.15) is 0 Å². The van der Waals surface area contributed by atoms with E-state index in [2.05, 4.69) is 507 Å². The summed E-state index contributed by atoms with van der Waals surface area (Å²) in [5.74, 6) is 0. The Balaban J connectivity index is 0.000000127. The first-order valence-corrected chi connectivity index (χ1v) is 50.9. The highest BCUT2D eigenvalue weighted by Gasteiger charge is 2.28. The molecule has 0 fully saturated rings. The fourth-order valence-electron chi connectivity index (χ4n) is 14.4. The fraction of sp³-hybridized carbons (Fsp3) is 0. The normalized spacial score (nSPS) is 11.6. The summed E-state index contributed by atoms with van der Waals surface area (Å²) in [5, 5.41) is 23.2. The van der Waals surface area contributed by atoms with Crippen LogP contribution in [0.4, 0.5) is 0 Å². The fourth-order valence-corrected chi connectivity index (χ4v) is 45.8. The van der Waals surface area contributed by atoms with Crippen LogP contribution in [0.5, 0.6) is 0 Å². The SMILES string of the molecule is C([SiH2]c1ccccc1)=P(c1ccccc1)(c1ccccc1)c1ccccc1.C([SiH2]c1ccccc1)=P(c1ccccc1)(c1ccccc1)c1ccccc1.C([SiH2]c1ccccc1)=P(c1ccccc1)(c1ccccc1)c1ccccc1.C([SiH2]c1ccccc1)=P(c1ccccc1)(c1ccccc1)c1ccccc1. The molecule has 0 aliphatic heterocycles. The van der Waals surface area contributed by atoms with Gasteiger partial charge in [-0.2, -0.15) is 0 Å². The van der Waals surface area contributed by atoms with Gasteiger partial charge in [-0.05, 0) is 91.2 Å². The summed E-state index contributed by atoms with van der Waals surface area (Å²) in [4.78, 5) is 0. The van der Waals surface area contributed by atoms with E-state index in [0.717, 1.165) is 0 Å². The van der Waals surface area contributed by atoms with Crippen molar-refractivity contribution in [3.63, 3.8) is 0 Å². The van der Waals surface area contributed by atoms with Crippen LogP contribution in [0, 0.1) is 0 Å². The van der Waals surface area contributed by atoms with Crippen molar-refractivity contribution in [3.05, 3.63) is 485 Å². The smallest absolute Gasteiger partial charge is 0.0797 e. The van der Waals surface area contributed by atoms with E-state index in [-0.39, 0.29) is 0 Å². The average molecular weight is 1530 g/mol. The number of hydrogen-bond acceptors (Lipinski definition) is 0. The molecule has 0 spiro atoms. The van der Waals surface area contributed by atoms with Gasteiger partial charge in [-0.15, -0.1) is 0 Å². The predicted molar refractivity (Wildman–Crippen MR) is 503 cm³/mol. The van der Waals surface area contributed by atoms with Crippen LogP contribution in [-0.2, 0) is 0 Å². The van der Waals surface area contributed by atoms with Gasteiger partial charge in [0.2, 0.25) is 0 Å². The molecule has 0 nitrogen and oxygen atoms in total. The van der Waals surface area contributed by atoms with Crippen LogP contribution < -0.4 is 84.4 Å².